The number of fused-ring (bicyclic) bond motifs is 3. The largest absolute Gasteiger partial charge is 0.356 e. The first-order valence-electron chi connectivity index (χ1n) is 10.6. The molecule has 152 valence electrons. The van der Waals surface area contributed by atoms with E-state index in [1.165, 1.54) is 41.5 Å². The van der Waals surface area contributed by atoms with E-state index >= 15 is 0 Å². The van der Waals surface area contributed by atoms with Crippen molar-refractivity contribution >= 4 is 33.3 Å². The molecule has 5 nitrogen and oxygen atoms in total. The van der Waals surface area contributed by atoms with Crippen LogP contribution >= 0.6 is 11.3 Å². The Labute approximate surface area is 172 Å². The third kappa shape index (κ3) is 3.63. The average molecular weight is 401 g/mol. The molecule has 0 spiro atoms. The molecule has 2 aromatic heterocycles. The van der Waals surface area contributed by atoms with Gasteiger partial charge in [-0.2, -0.15) is 0 Å². The van der Waals surface area contributed by atoms with Crippen molar-refractivity contribution in [2.75, 3.05) is 26.0 Å². The molecule has 2 heterocycles. The lowest BCUT2D eigenvalue weighted by Gasteiger charge is -2.22. The normalized spacial score (nSPS) is 21.1. The number of hydrogen-bond acceptors (Lipinski definition) is 5. The maximum absolute atomic E-state index is 12.1. The second-order valence-corrected chi connectivity index (χ2v) is 10.0. The molecular formula is C22H32N4OS. The predicted molar refractivity (Wildman–Crippen MR) is 116 cm³/mol. The van der Waals surface area contributed by atoms with E-state index < -0.39 is 0 Å². The maximum Gasteiger partial charge on any atom is 0.222 e. The number of amides is 1. The van der Waals surface area contributed by atoms with Gasteiger partial charge in [0.15, 0.2) is 0 Å². The molecule has 4 rings (SSSR count). The summed E-state index contributed by atoms with van der Waals surface area (Å²) in [7, 11) is 5.81. The number of carbonyl (C=O) groups excluding carboxylic acids is 1. The molecule has 2 aliphatic rings. The van der Waals surface area contributed by atoms with Crippen LogP contribution in [0.1, 0.15) is 55.8 Å². The molecule has 0 bridgehead atoms. The molecule has 0 saturated heterocycles. The summed E-state index contributed by atoms with van der Waals surface area (Å²) >= 11 is 1.85. The van der Waals surface area contributed by atoms with Crippen LogP contribution in [-0.4, -0.2) is 48.0 Å². The van der Waals surface area contributed by atoms with E-state index in [1.807, 2.05) is 11.3 Å². The molecule has 2 aromatic rings. The molecule has 1 fully saturated rings. The third-order valence-corrected chi connectivity index (χ3v) is 7.58. The molecule has 6 heteroatoms. The summed E-state index contributed by atoms with van der Waals surface area (Å²) < 4.78 is 0. The van der Waals surface area contributed by atoms with Crippen LogP contribution < -0.4 is 4.90 Å². The highest BCUT2D eigenvalue weighted by atomic mass is 32.1. The average Bonchev–Trinajstić information content (AvgIpc) is 3.39. The Balaban J connectivity index is 1.71. The van der Waals surface area contributed by atoms with Gasteiger partial charge in [-0.1, -0.05) is 13.8 Å². The van der Waals surface area contributed by atoms with E-state index in [0.717, 1.165) is 28.8 Å². The van der Waals surface area contributed by atoms with Gasteiger partial charge in [0.05, 0.1) is 5.39 Å². The van der Waals surface area contributed by atoms with Gasteiger partial charge in [-0.3, -0.25) is 4.79 Å². The van der Waals surface area contributed by atoms with Gasteiger partial charge in [0.2, 0.25) is 5.91 Å². The van der Waals surface area contributed by atoms with Gasteiger partial charge in [0.1, 0.15) is 16.5 Å². The van der Waals surface area contributed by atoms with Gasteiger partial charge in [0, 0.05) is 44.9 Å². The number of aryl methyl sites for hydroxylation is 3. The zero-order chi connectivity index (χ0) is 20.0. The molecule has 0 N–H and O–H groups in total. The van der Waals surface area contributed by atoms with Crippen molar-refractivity contribution in [1.29, 1.82) is 0 Å². The lowest BCUT2D eigenvalue weighted by molar-refractivity contribution is -0.128. The number of carbonyl (C=O) groups is 1. The Morgan fingerprint density at radius 2 is 1.93 bits per heavy atom. The number of hydrogen-bond donors (Lipinski definition) is 0. The van der Waals surface area contributed by atoms with Gasteiger partial charge in [-0.25, -0.2) is 9.97 Å². The Kier molecular flexibility index (Phi) is 5.34. The van der Waals surface area contributed by atoms with Gasteiger partial charge < -0.3 is 9.80 Å². The van der Waals surface area contributed by atoms with Crippen molar-refractivity contribution in [3.05, 3.63) is 16.3 Å². The quantitative estimate of drug-likeness (QED) is 0.733. The Morgan fingerprint density at radius 1 is 1.18 bits per heavy atom. The van der Waals surface area contributed by atoms with Crippen molar-refractivity contribution in [3.8, 4) is 0 Å². The van der Waals surface area contributed by atoms with Crippen LogP contribution in [0.2, 0.25) is 0 Å². The van der Waals surface area contributed by atoms with Gasteiger partial charge in [-0.05, 0) is 49.5 Å². The first-order chi connectivity index (χ1) is 13.4. The van der Waals surface area contributed by atoms with Gasteiger partial charge in [0.25, 0.3) is 0 Å². The first-order valence-corrected chi connectivity index (χ1v) is 11.4. The minimum absolute atomic E-state index is 0.131. The molecule has 1 amide bonds. The zero-order valence-corrected chi connectivity index (χ0v) is 18.6. The predicted octanol–water partition coefficient (Wildman–Crippen LogP) is 4.07. The first kappa shape index (κ1) is 19.6. The highest BCUT2D eigenvalue weighted by Crippen LogP contribution is 2.46. The molecule has 2 unspecified atom stereocenters. The highest BCUT2D eigenvalue weighted by molar-refractivity contribution is 7.19. The van der Waals surface area contributed by atoms with Crippen LogP contribution in [-0.2, 0) is 24.1 Å². The van der Waals surface area contributed by atoms with Crippen LogP contribution in [0.5, 0.6) is 0 Å². The lowest BCUT2D eigenvalue weighted by Crippen LogP contribution is -2.25. The van der Waals surface area contributed by atoms with Crippen LogP contribution in [0.3, 0.4) is 0 Å². The van der Waals surface area contributed by atoms with E-state index in [1.54, 1.807) is 19.0 Å². The summed E-state index contributed by atoms with van der Waals surface area (Å²) in [6, 6.07) is 0.577. The molecule has 28 heavy (non-hydrogen) atoms. The standard InChI is InChI=1S/C22H32N4OS/c1-13(2)15-12-16(15)26(5)21-20-14-8-6-7-9-17(14)28-22(20)24-18(23-21)10-11-19(27)25(3)4/h13,15-16H,6-12H2,1-5H3. The van der Waals surface area contributed by atoms with E-state index in [0.29, 0.717) is 24.8 Å². The van der Waals surface area contributed by atoms with Crippen LogP contribution in [0.4, 0.5) is 5.82 Å². The van der Waals surface area contributed by atoms with Gasteiger partial charge in [-0.15, -0.1) is 11.3 Å². The summed E-state index contributed by atoms with van der Waals surface area (Å²) in [6.07, 6.45) is 7.18. The number of nitrogens with zero attached hydrogens (tertiary/aromatic N) is 4. The molecule has 0 aromatic carbocycles. The van der Waals surface area contributed by atoms with Crippen molar-refractivity contribution in [2.45, 2.75) is 64.8 Å². The van der Waals surface area contributed by atoms with Gasteiger partial charge >= 0.3 is 0 Å². The summed E-state index contributed by atoms with van der Waals surface area (Å²) in [5, 5.41) is 1.29. The SMILES string of the molecule is CC(C)C1CC1N(C)c1nc(CCC(=O)N(C)C)nc2sc3c(c12)CCCC3. The number of thiophene rings is 1. The Bertz CT molecular complexity index is 888. The van der Waals surface area contributed by atoms with E-state index in [9.17, 15) is 4.79 Å². The minimum Gasteiger partial charge on any atom is -0.356 e. The summed E-state index contributed by atoms with van der Waals surface area (Å²) in [4.78, 5) is 28.7. The van der Waals surface area contributed by atoms with Crippen molar-refractivity contribution in [2.24, 2.45) is 11.8 Å². The van der Waals surface area contributed by atoms with Crippen LogP contribution in [0.15, 0.2) is 0 Å². The summed E-state index contributed by atoms with van der Waals surface area (Å²) in [6.45, 7) is 4.64. The maximum atomic E-state index is 12.1. The molecule has 1 saturated carbocycles. The number of anilines is 1. The van der Waals surface area contributed by atoms with Crippen LogP contribution in [0.25, 0.3) is 10.2 Å². The fraction of sp³-hybridized carbons (Fsp3) is 0.682. The topological polar surface area (TPSA) is 49.3 Å². The number of aromatic nitrogens is 2. The molecule has 2 aliphatic carbocycles. The summed E-state index contributed by atoms with van der Waals surface area (Å²) in [5.74, 6) is 3.50. The Hall–Kier alpha value is -1.69. The van der Waals surface area contributed by atoms with Crippen molar-refractivity contribution in [1.82, 2.24) is 14.9 Å². The second kappa shape index (κ2) is 7.62. The molecule has 2 atom stereocenters. The van der Waals surface area contributed by atoms with E-state index in [4.69, 9.17) is 9.97 Å². The smallest absolute Gasteiger partial charge is 0.222 e. The van der Waals surface area contributed by atoms with Crippen molar-refractivity contribution < 1.29 is 4.79 Å². The van der Waals surface area contributed by atoms with E-state index in [-0.39, 0.29) is 5.91 Å². The second-order valence-electron chi connectivity index (χ2n) is 8.96. The Morgan fingerprint density at radius 3 is 2.61 bits per heavy atom. The molecular weight excluding hydrogens is 368 g/mol. The minimum atomic E-state index is 0.131. The third-order valence-electron chi connectivity index (χ3n) is 6.40. The monoisotopic (exact) mass is 400 g/mol. The lowest BCUT2D eigenvalue weighted by atomic mass is 9.97. The van der Waals surface area contributed by atoms with E-state index in [2.05, 4.69) is 25.8 Å². The highest BCUT2D eigenvalue weighted by Gasteiger charge is 2.43. The fourth-order valence-electron chi connectivity index (χ4n) is 4.51. The summed E-state index contributed by atoms with van der Waals surface area (Å²) in [5.41, 5.74) is 1.49. The molecule has 0 aliphatic heterocycles. The number of rotatable bonds is 6. The zero-order valence-electron chi connectivity index (χ0n) is 17.8. The molecule has 0 radical (unpaired) electrons. The van der Waals surface area contributed by atoms with Crippen molar-refractivity contribution in [3.63, 3.8) is 0 Å². The van der Waals surface area contributed by atoms with Crippen LogP contribution in [0, 0.1) is 11.8 Å². The fourth-order valence-corrected chi connectivity index (χ4v) is 5.78.